The second-order valence-corrected chi connectivity index (χ2v) is 7.41. The van der Waals surface area contributed by atoms with Crippen molar-refractivity contribution < 1.29 is 8.42 Å². The fraction of sp³-hybridized carbons (Fsp3) is 0.125. The fourth-order valence-electron chi connectivity index (χ4n) is 1.10. The summed E-state index contributed by atoms with van der Waals surface area (Å²) in [6.07, 6.45) is 1.67. The van der Waals surface area contributed by atoms with Gasteiger partial charge in [0.15, 0.2) is 5.82 Å². The minimum absolute atomic E-state index is 0.255. The molecule has 0 radical (unpaired) electrons. The van der Waals surface area contributed by atoms with Crippen LogP contribution < -0.4 is 4.72 Å². The maximum absolute atomic E-state index is 11.9. The number of nitrogens with zero attached hydrogens (tertiary/aromatic N) is 2. The summed E-state index contributed by atoms with van der Waals surface area (Å²) in [6, 6.07) is 4.83. The molecule has 0 amide bonds. The number of aryl methyl sites for hydroxylation is 1. The molecule has 0 saturated heterocycles. The predicted molar refractivity (Wildman–Crippen MR) is 66.0 cm³/mol. The summed E-state index contributed by atoms with van der Waals surface area (Å²) in [4.78, 5) is 0. The van der Waals surface area contributed by atoms with Crippen molar-refractivity contribution in [1.82, 2.24) is 9.78 Å². The van der Waals surface area contributed by atoms with Gasteiger partial charge in [-0.3, -0.25) is 9.40 Å². The molecule has 0 aliphatic heterocycles. The maximum Gasteiger partial charge on any atom is 0.272 e. The molecule has 0 fully saturated rings. The van der Waals surface area contributed by atoms with E-state index in [4.69, 9.17) is 0 Å². The van der Waals surface area contributed by atoms with E-state index < -0.39 is 10.0 Å². The van der Waals surface area contributed by atoms with Gasteiger partial charge in [-0.2, -0.15) is 5.10 Å². The van der Waals surface area contributed by atoms with Gasteiger partial charge in [-0.05, 0) is 28.1 Å². The molecule has 0 spiro atoms. The van der Waals surface area contributed by atoms with Crippen LogP contribution in [0.15, 0.2) is 32.4 Å². The van der Waals surface area contributed by atoms with Gasteiger partial charge in [0.25, 0.3) is 10.0 Å². The molecule has 0 atom stereocenters. The van der Waals surface area contributed by atoms with Crippen molar-refractivity contribution in [1.29, 1.82) is 0 Å². The van der Waals surface area contributed by atoms with Gasteiger partial charge < -0.3 is 0 Å². The van der Waals surface area contributed by atoms with Crippen molar-refractivity contribution in [3.63, 3.8) is 0 Å². The number of hydrogen-bond acceptors (Lipinski definition) is 4. The highest BCUT2D eigenvalue weighted by molar-refractivity contribution is 9.11. The Bertz CT molecular complexity index is 602. The van der Waals surface area contributed by atoms with E-state index in [0.717, 1.165) is 15.1 Å². The van der Waals surface area contributed by atoms with E-state index in [9.17, 15) is 8.42 Å². The number of anilines is 1. The lowest BCUT2D eigenvalue weighted by molar-refractivity contribution is 0.603. The van der Waals surface area contributed by atoms with Crippen LogP contribution in [-0.2, 0) is 17.1 Å². The van der Waals surface area contributed by atoms with E-state index in [2.05, 4.69) is 25.8 Å². The second kappa shape index (κ2) is 4.19. The number of sulfonamides is 1. The quantitative estimate of drug-likeness (QED) is 0.940. The van der Waals surface area contributed by atoms with Gasteiger partial charge in [-0.1, -0.05) is 0 Å². The number of aromatic nitrogens is 2. The number of rotatable bonds is 3. The maximum atomic E-state index is 11.9. The fourth-order valence-corrected chi connectivity index (χ4v) is 4.11. The lowest BCUT2D eigenvalue weighted by Crippen LogP contribution is -2.12. The van der Waals surface area contributed by atoms with Gasteiger partial charge in [0.05, 0.1) is 3.79 Å². The van der Waals surface area contributed by atoms with E-state index in [0.29, 0.717) is 5.82 Å². The third-order valence-corrected chi connectivity index (χ3v) is 5.24. The third kappa shape index (κ3) is 2.45. The Hall–Kier alpha value is -0.860. The van der Waals surface area contributed by atoms with Crippen molar-refractivity contribution in [2.75, 3.05) is 4.72 Å². The SMILES string of the molecule is Cn1ccc(NS(=O)(=O)c2ccc(Br)s2)n1. The summed E-state index contributed by atoms with van der Waals surface area (Å²) in [6.45, 7) is 0. The lowest BCUT2D eigenvalue weighted by atomic mass is 10.7. The average molecular weight is 322 g/mol. The topological polar surface area (TPSA) is 64.0 Å². The van der Waals surface area contributed by atoms with Gasteiger partial charge in [0.1, 0.15) is 4.21 Å². The molecular weight excluding hydrogens is 314 g/mol. The first-order chi connectivity index (χ1) is 7.47. The van der Waals surface area contributed by atoms with Gasteiger partial charge in [-0.25, -0.2) is 8.42 Å². The predicted octanol–water partition coefficient (Wildman–Crippen LogP) is 2.04. The van der Waals surface area contributed by atoms with Crippen molar-refractivity contribution in [2.24, 2.45) is 7.05 Å². The zero-order chi connectivity index (χ0) is 11.8. The van der Waals surface area contributed by atoms with Crippen LogP contribution in [0.4, 0.5) is 5.82 Å². The monoisotopic (exact) mass is 321 g/mol. The Balaban J connectivity index is 2.27. The first-order valence-corrected chi connectivity index (χ1v) is 7.34. The minimum atomic E-state index is -3.52. The summed E-state index contributed by atoms with van der Waals surface area (Å²) in [5, 5.41) is 3.95. The molecule has 0 aromatic carbocycles. The zero-order valence-corrected chi connectivity index (χ0v) is 11.4. The molecule has 1 N–H and O–H groups in total. The molecule has 8 heteroatoms. The van der Waals surface area contributed by atoms with Crippen LogP contribution in [0.1, 0.15) is 0 Å². The van der Waals surface area contributed by atoms with Crippen LogP contribution >= 0.6 is 27.3 Å². The first-order valence-electron chi connectivity index (χ1n) is 4.25. The molecule has 2 aromatic heterocycles. The molecule has 5 nitrogen and oxygen atoms in total. The van der Waals surface area contributed by atoms with Crippen LogP contribution in [0.3, 0.4) is 0 Å². The Labute approximate surface area is 105 Å². The molecule has 86 valence electrons. The number of thiophene rings is 1. The van der Waals surface area contributed by atoms with Crippen LogP contribution in [-0.4, -0.2) is 18.2 Å². The van der Waals surface area contributed by atoms with Crippen molar-refractivity contribution in [3.8, 4) is 0 Å². The smallest absolute Gasteiger partial charge is 0.272 e. The normalized spacial score (nSPS) is 11.6. The highest BCUT2D eigenvalue weighted by Crippen LogP contribution is 2.27. The van der Waals surface area contributed by atoms with Gasteiger partial charge in [-0.15, -0.1) is 11.3 Å². The Morgan fingerprint density at radius 1 is 1.44 bits per heavy atom. The summed E-state index contributed by atoms with van der Waals surface area (Å²) >= 11 is 4.37. The van der Waals surface area contributed by atoms with E-state index in [1.807, 2.05) is 0 Å². The molecule has 0 bridgehead atoms. The highest BCUT2D eigenvalue weighted by Gasteiger charge is 2.17. The molecule has 2 rings (SSSR count). The standard InChI is InChI=1S/C8H8BrN3O2S2/c1-12-5-4-7(10-12)11-16(13,14)8-3-2-6(9)15-8/h2-5H,1H3,(H,10,11). The first kappa shape index (κ1) is 11.6. The molecule has 0 aliphatic rings. The number of nitrogens with one attached hydrogen (secondary N) is 1. The molecule has 16 heavy (non-hydrogen) atoms. The minimum Gasteiger partial charge on any atom is -0.274 e. The molecule has 0 saturated carbocycles. The van der Waals surface area contributed by atoms with Gasteiger partial charge in [0.2, 0.25) is 0 Å². The van der Waals surface area contributed by atoms with E-state index >= 15 is 0 Å². The summed E-state index contributed by atoms with van der Waals surface area (Å²) in [5.74, 6) is 0.312. The molecule has 2 aromatic rings. The van der Waals surface area contributed by atoms with Crippen molar-refractivity contribution in [2.45, 2.75) is 4.21 Å². The lowest BCUT2D eigenvalue weighted by Gasteiger charge is -2.01. The second-order valence-electron chi connectivity index (χ2n) is 3.04. The van der Waals surface area contributed by atoms with Crippen LogP contribution in [0, 0.1) is 0 Å². The number of hydrogen-bond donors (Lipinski definition) is 1. The van der Waals surface area contributed by atoms with Gasteiger partial charge in [0, 0.05) is 19.3 Å². The summed E-state index contributed by atoms with van der Waals surface area (Å²) in [7, 11) is -1.79. The molecule has 2 heterocycles. The third-order valence-electron chi connectivity index (χ3n) is 1.77. The van der Waals surface area contributed by atoms with Crippen LogP contribution in [0.5, 0.6) is 0 Å². The van der Waals surface area contributed by atoms with Gasteiger partial charge >= 0.3 is 0 Å². The molecular formula is C8H8BrN3O2S2. The Kier molecular flexibility index (Phi) is 3.04. The largest absolute Gasteiger partial charge is 0.274 e. The Morgan fingerprint density at radius 3 is 2.69 bits per heavy atom. The van der Waals surface area contributed by atoms with E-state index in [1.54, 1.807) is 31.4 Å². The van der Waals surface area contributed by atoms with E-state index in [1.165, 1.54) is 4.68 Å². The van der Waals surface area contributed by atoms with Crippen molar-refractivity contribution in [3.05, 3.63) is 28.2 Å². The van der Waals surface area contributed by atoms with E-state index in [-0.39, 0.29) is 4.21 Å². The highest BCUT2D eigenvalue weighted by atomic mass is 79.9. The molecule has 0 unspecified atom stereocenters. The van der Waals surface area contributed by atoms with Crippen LogP contribution in [0.2, 0.25) is 0 Å². The summed E-state index contributed by atoms with van der Waals surface area (Å²) < 4.78 is 28.7. The van der Waals surface area contributed by atoms with Crippen LogP contribution in [0.25, 0.3) is 0 Å². The zero-order valence-electron chi connectivity index (χ0n) is 8.21. The summed E-state index contributed by atoms with van der Waals surface area (Å²) in [5.41, 5.74) is 0. The number of halogens is 1. The van der Waals surface area contributed by atoms with Crippen molar-refractivity contribution >= 4 is 43.1 Å². The average Bonchev–Trinajstić information content (AvgIpc) is 2.75. The molecule has 0 aliphatic carbocycles. The Morgan fingerprint density at radius 2 is 2.19 bits per heavy atom.